The van der Waals surface area contributed by atoms with Gasteiger partial charge in [0.25, 0.3) is 0 Å². The third kappa shape index (κ3) is 15.0. The van der Waals surface area contributed by atoms with E-state index in [1.54, 1.807) is 0 Å². The number of nitrogens with one attached hydrogen (secondary N) is 4. The van der Waals surface area contributed by atoms with Crippen LogP contribution in [0.2, 0.25) is 0 Å². The van der Waals surface area contributed by atoms with Gasteiger partial charge in [0, 0.05) is 45.1 Å². The minimum absolute atomic E-state index is 0.0196. The van der Waals surface area contributed by atoms with Gasteiger partial charge >= 0.3 is 0 Å². The molecule has 11 heteroatoms. The van der Waals surface area contributed by atoms with Crippen LogP contribution in [0.15, 0.2) is 0 Å². The Labute approximate surface area is 246 Å². The molecule has 2 aliphatic heterocycles. The molecule has 4 amide bonds. The maximum absolute atomic E-state index is 13.2. The lowest BCUT2D eigenvalue weighted by Crippen LogP contribution is -2.49. The van der Waals surface area contributed by atoms with E-state index < -0.39 is 6.04 Å². The van der Waals surface area contributed by atoms with Crippen LogP contribution in [0.5, 0.6) is 0 Å². The van der Waals surface area contributed by atoms with Crippen molar-refractivity contribution in [2.45, 2.75) is 91.6 Å². The smallest absolute Gasteiger partial charge is 0.246 e. The summed E-state index contributed by atoms with van der Waals surface area (Å²) in [4.78, 5) is 52.9. The molecule has 0 aromatic rings. The second-order valence-corrected chi connectivity index (χ2v) is 12.9. The highest BCUT2D eigenvalue weighted by molar-refractivity contribution is 5.88. The van der Waals surface area contributed by atoms with Crippen molar-refractivity contribution < 1.29 is 28.7 Å². The standard InChI is InChI=1S/C30H55N5O6/c1-22(2)35-14-10-23-18-26(36)32-13-15-40-16-17-41-21-28(38)34-25(29(39)33-12-9-24(23)20-35)8-6-7-11-31-27(37)19-30(3,4)5/h22-25H,6-21H2,1-5H3,(H,31,37)(H,32,36)(H,33,39)(H,34,38)/t23-,24-,25-/m0/s1. The van der Waals surface area contributed by atoms with Crippen molar-refractivity contribution >= 4 is 23.6 Å². The lowest BCUT2D eigenvalue weighted by molar-refractivity contribution is -0.132. The second kappa shape index (κ2) is 18.3. The monoisotopic (exact) mass is 581 g/mol. The van der Waals surface area contributed by atoms with Crippen LogP contribution in [-0.4, -0.2) is 99.8 Å². The van der Waals surface area contributed by atoms with Crippen molar-refractivity contribution in [3.63, 3.8) is 0 Å². The molecule has 0 saturated carbocycles. The van der Waals surface area contributed by atoms with Crippen molar-refractivity contribution in [1.82, 2.24) is 26.2 Å². The molecule has 0 unspecified atom stereocenters. The molecule has 2 heterocycles. The summed E-state index contributed by atoms with van der Waals surface area (Å²) in [5.74, 6) is 0.0160. The molecule has 0 aromatic carbocycles. The minimum Gasteiger partial charge on any atom is -0.377 e. The number of carbonyl (C=O) groups is 4. The Bertz CT molecular complexity index is 831. The number of rotatable bonds is 7. The summed E-state index contributed by atoms with van der Waals surface area (Å²) in [6.07, 6.45) is 4.48. The van der Waals surface area contributed by atoms with Crippen LogP contribution >= 0.6 is 0 Å². The molecule has 4 N–H and O–H groups in total. The van der Waals surface area contributed by atoms with Gasteiger partial charge in [0.1, 0.15) is 12.6 Å². The van der Waals surface area contributed by atoms with Crippen molar-refractivity contribution in [3.05, 3.63) is 0 Å². The predicted octanol–water partition coefficient (Wildman–Crippen LogP) is 1.60. The third-order valence-electron chi connectivity index (χ3n) is 7.67. The van der Waals surface area contributed by atoms with Crippen molar-refractivity contribution in [3.8, 4) is 0 Å². The van der Waals surface area contributed by atoms with Gasteiger partial charge in [-0.3, -0.25) is 19.2 Å². The molecule has 0 aromatic heterocycles. The summed E-state index contributed by atoms with van der Waals surface area (Å²) < 4.78 is 10.9. The summed E-state index contributed by atoms with van der Waals surface area (Å²) in [5.41, 5.74) is -0.0704. The first kappa shape index (κ1) is 35.0. The number of piperidine rings is 1. The average Bonchev–Trinajstić information content (AvgIpc) is 2.88. The van der Waals surface area contributed by atoms with Crippen LogP contribution < -0.4 is 21.3 Å². The van der Waals surface area contributed by atoms with Crippen LogP contribution in [0, 0.1) is 17.3 Å². The molecular weight excluding hydrogens is 526 g/mol. The number of likely N-dealkylation sites (tertiary alicyclic amines) is 1. The van der Waals surface area contributed by atoms with E-state index in [0.717, 1.165) is 25.9 Å². The fraction of sp³-hybridized carbons (Fsp3) is 0.867. The fourth-order valence-electron chi connectivity index (χ4n) is 5.39. The van der Waals surface area contributed by atoms with Gasteiger partial charge in [-0.15, -0.1) is 0 Å². The van der Waals surface area contributed by atoms with E-state index in [0.29, 0.717) is 71.0 Å². The summed E-state index contributed by atoms with van der Waals surface area (Å²) in [5, 5.41) is 11.8. The zero-order valence-corrected chi connectivity index (χ0v) is 26.0. The normalized spacial score (nSPS) is 25.1. The fourth-order valence-corrected chi connectivity index (χ4v) is 5.39. The van der Waals surface area contributed by atoms with Crippen molar-refractivity contribution in [2.24, 2.45) is 17.3 Å². The Morgan fingerprint density at radius 3 is 2.46 bits per heavy atom. The summed E-state index contributed by atoms with van der Waals surface area (Å²) in [6, 6.07) is -0.261. The molecule has 3 atom stereocenters. The number of unbranched alkanes of at least 4 members (excludes halogenated alkanes) is 1. The molecule has 0 aliphatic carbocycles. The Balaban J connectivity index is 1.97. The minimum atomic E-state index is -0.685. The highest BCUT2D eigenvalue weighted by Gasteiger charge is 2.32. The number of hydrogen-bond acceptors (Lipinski definition) is 7. The zero-order valence-electron chi connectivity index (χ0n) is 26.0. The molecule has 2 saturated heterocycles. The average molecular weight is 582 g/mol. The zero-order chi connectivity index (χ0) is 30.3. The summed E-state index contributed by atoms with van der Waals surface area (Å²) >= 11 is 0. The molecule has 0 spiro atoms. The van der Waals surface area contributed by atoms with Gasteiger partial charge < -0.3 is 35.6 Å². The first-order valence-corrected chi connectivity index (χ1v) is 15.4. The second-order valence-electron chi connectivity index (χ2n) is 12.9. The van der Waals surface area contributed by atoms with Crippen LogP contribution in [0.3, 0.4) is 0 Å². The van der Waals surface area contributed by atoms with E-state index in [2.05, 4.69) is 40.0 Å². The Kier molecular flexibility index (Phi) is 15.6. The van der Waals surface area contributed by atoms with Gasteiger partial charge in [0.15, 0.2) is 0 Å². The number of ether oxygens (including phenoxy) is 2. The molecule has 2 rings (SSSR count). The van der Waals surface area contributed by atoms with Crippen LogP contribution in [0.4, 0.5) is 0 Å². The molecular formula is C30H55N5O6. The Morgan fingerprint density at radius 1 is 0.976 bits per heavy atom. The van der Waals surface area contributed by atoms with Crippen molar-refractivity contribution in [2.75, 3.05) is 59.2 Å². The van der Waals surface area contributed by atoms with Gasteiger partial charge in [-0.25, -0.2) is 0 Å². The van der Waals surface area contributed by atoms with Crippen LogP contribution in [0.25, 0.3) is 0 Å². The van der Waals surface area contributed by atoms with Gasteiger partial charge in [-0.05, 0) is 69.7 Å². The molecule has 236 valence electrons. The number of nitrogens with zero attached hydrogens (tertiary/aromatic N) is 1. The molecule has 11 nitrogen and oxygen atoms in total. The van der Waals surface area contributed by atoms with Gasteiger partial charge in [-0.1, -0.05) is 20.8 Å². The first-order chi connectivity index (χ1) is 19.4. The van der Waals surface area contributed by atoms with Gasteiger partial charge in [0.05, 0.1) is 19.8 Å². The largest absolute Gasteiger partial charge is 0.377 e. The van der Waals surface area contributed by atoms with Crippen LogP contribution in [0.1, 0.15) is 79.6 Å². The third-order valence-corrected chi connectivity index (χ3v) is 7.67. The Hall–Kier alpha value is -2.24. The van der Waals surface area contributed by atoms with Crippen molar-refractivity contribution in [1.29, 1.82) is 0 Å². The summed E-state index contributed by atoms with van der Waals surface area (Å²) in [7, 11) is 0. The first-order valence-electron chi connectivity index (χ1n) is 15.4. The summed E-state index contributed by atoms with van der Waals surface area (Å²) in [6.45, 7) is 14.5. The maximum atomic E-state index is 13.2. The quantitative estimate of drug-likeness (QED) is 0.335. The SMILES string of the molecule is CC(C)N1CC[C@H]2CC(=O)NCCOCCOCC(=O)N[C@@H](CCCCNC(=O)CC(C)(C)C)C(=O)NCC[C@H]2C1. The van der Waals surface area contributed by atoms with E-state index in [9.17, 15) is 19.2 Å². The number of amides is 4. The van der Waals surface area contributed by atoms with E-state index in [4.69, 9.17) is 9.47 Å². The highest BCUT2D eigenvalue weighted by Crippen LogP contribution is 2.30. The Morgan fingerprint density at radius 2 is 1.73 bits per heavy atom. The van der Waals surface area contributed by atoms with Gasteiger partial charge in [0.2, 0.25) is 23.6 Å². The molecule has 0 radical (unpaired) electrons. The van der Waals surface area contributed by atoms with Crippen LogP contribution in [-0.2, 0) is 28.7 Å². The molecule has 0 bridgehead atoms. The van der Waals surface area contributed by atoms with E-state index >= 15 is 0 Å². The lowest BCUT2D eigenvalue weighted by Gasteiger charge is -2.40. The van der Waals surface area contributed by atoms with Gasteiger partial charge in [-0.2, -0.15) is 0 Å². The lowest BCUT2D eigenvalue weighted by atomic mass is 9.80. The van der Waals surface area contributed by atoms with E-state index in [-0.39, 0.29) is 54.1 Å². The highest BCUT2D eigenvalue weighted by atomic mass is 16.5. The number of hydrogen-bond donors (Lipinski definition) is 4. The van der Waals surface area contributed by atoms with E-state index in [1.807, 2.05) is 20.8 Å². The topological polar surface area (TPSA) is 138 Å². The molecule has 2 fully saturated rings. The van der Waals surface area contributed by atoms with E-state index in [1.165, 1.54) is 0 Å². The molecule has 2 aliphatic rings. The number of carbonyl (C=O) groups excluding carboxylic acids is 4. The number of fused-ring (bicyclic) bond motifs is 1. The maximum Gasteiger partial charge on any atom is 0.246 e. The molecule has 41 heavy (non-hydrogen) atoms. The predicted molar refractivity (Wildman–Crippen MR) is 158 cm³/mol.